The Hall–Kier alpha value is -2.41. The average Bonchev–Trinajstić information content (AvgIpc) is 3.19. The number of benzene rings is 1. The largest absolute Gasteiger partial charge is 0.341 e. The van der Waals surface area contributed by atoms with Crippen LogP contribution < -0.4 is 4.90 Å². The summed E-state index contributed by atoms with van der Waals surface area (Å²) in [6.45, 7) is 9.96. The van der Waals surface area contributed by atoms with Crippen molar-refractivity contribution in [3.63, 3.8) is 0 Å². The molecule has 3 heterocycles. The highest BCUT2D eigenvalue weighted by molar-refractivity contribution is 5.99. The van der Waals surface area contributed by atoms with Crippen LogP contribution in [-0.4, -0.2) is 84.8 Å². The molecule has 3 aliphatic heterocycles. The lowest BCUT2D eigenvalue weighted by atomic mass is 9.92. The molecule has 1 aromatic carbocycles. The maximum atomic E-state index is 13.0. The van der Waals surface area contributed by atoms with E-state index in [-0.39, 0.29) is 17.7 Å². The topological polar surface area (TPSA) is 64.2 Å². The molecule has 0 aromatic heterocycles. The van der Waals surface area contributed by atoms with Crippen molar-refractivity contribution < 1.29 is 14.4 Å². The van der Waals surface area contributed by atoms with Gasteiger partial charge in [0.2, 0.25) is 11.8 Å². The monoisotopic (exact) mass is 426 g/mol. The van der Waals surface area contributed by atoms with Crippen molar-refractivity contribution in [2.45, 2.75) is 33.1 Å². The van der Waals surface area contributed by atoms with Crippen molar-refractivity contribution in [1.29, 1.82) is 0 Å². The molecule has 168 valence electrons. The van der Waals surface area contributed by atoms with E-state index in [4.69, 9.17) is 0 Å². The molecular formula is C24H34N4O3. The maximum Gasteiger partial charge on any atom is 0.254 e. The minimum Gasteiger partial charge on any atom is -0.341 e. The van der Waals surface area contributed by atoms with Gasteiger partial charge in [0.25, 0.3) is 5.91 Å². The number of hydrogen-bond donors (Lipinski definition) is 0. The fourth-order valence-corrected chi connectivity index (χ4v) is 5.18. The highest BCUT2D eigenvalue weighted by Gasteiger charge is 2.29. The summed E-state index contributed by atoms with van der Waals surface area (Å²) in [4.78, 5) is 45.6. The number of carbonyl (C=O) groups is 3. The highest BCUT2D eigenvalue weighted by Crippen LogP contribution is 2.24. The van der Waals surface area contributed by atoms with Gasteiger partial charge < -0.3 is 14.7 Å². The third kappa shape index (κ3) is 5.09. The molecule has 0 unspecified atom stereocenters. The van der Waals surface area contributed by atoms with Crippen molar-refractivity contribution in [3.8, 4) is 0 Å². The SMILES string of the molecule is C[C@@H]1C[C@@H](C)CN(C(=O)CN2CCN(C(=O)c3cccc(N4CCCC4=O)c3)CC2)C1. The Morgan fingerprint density at radius 1 is 0.968 bits per heavy atom. The Kier molecular flexibility index (Phi) is 6.60. The van der Waals surface area contributed by atoms with Gasteiger partial charge in [-0.25, -0.2) is 0 Å². The molecule has 1 aromatic rings. The van der Waals surface area contributed by atoms with Gasteiger partial charge in [-0.3, -0.25) is 19.3 Å². The van der Waals surface area contributed by atoms with Crippen molar-refractivity contribution in [2.24, 2.45) is 11.8 Å². The second-order valence-electron chi connectivity index (χ2n) is 9.51. The summed E-state index contributed by atoms with van der Waals surface area (Å²) in [7, 11) is 0. The van der Waals surface area contributed by atoms with Gasteiger partial charge in [0.1, 0.15) is 0 Å². The van der Waals surface area contributed by atoms with Crippen LogP contribution in [0.15, 0.2) is 24.3 Å². The third-order valence-electron chi connectivity index (χ3n) is 6.72. The molecule has 0 spiro atoms. The van der Waals surface area contributed by atoms with Crippen LogP contribution in [0.4, 0.5) is 5.69 Å². The van der Waals surface area contributed by atoms with Gasteiger partial charge >= 0.3 is 0 Å². The zero-order valence-corrected chi connectivity index (χ0v) is 18.8. The Morgan fingerprint density at radius 2 is 1.68 bits per heavy atom. The predicted molar refractivity (Wildman–Crippen MR) is 120 cm³/mol. The Balaban J connectivity index is 1.30. The lowest BCUT2D eigenvalue weighted by molar-refractivity contribution is -0.135. The van der Waals surface area contributed by atoms with E-state index in [0.29, 0.717) is 56.5 Å². The maximum absolute atomic E-state index is 13.0. The third-order valence-corrected chi connectivity index (χ3v) is 6.72. The van der Waals surface area contributed by atoms with E-state index < -0.39 is 0 Å². The second-order valence-corrected chi connectivity index (χ2v) is 9.51. The first kappa shape index (κ1) is 21.8. The zero-order chi connectivity index (χ0) is 22.0. The van der Waals surface area contributed by atoms with E-state index in [1.165, 1.54) is 6.42 Å². The van der Waals surface area contributed by atoms with Crippen molar-refractivity contribution in [3.05, 3.63) is 29.8 Å². The van der Waals surface area contributed by atoms with Crippen molar-refractivity contribution in [2.75, 3.05) is 57.3 Å². The highest BCUT2D eigenvalue weighted by atomic mass is 16.2. The number of piperidine rings is 1. The number of anilines is 1. The fourth-order valence-electron chi connectivity index (χ4n) is 5.18. The summed E-state index contributed by atoms with van der Waals surface area (Å²) in [5.74, 6) is 1.46. The van der Waals surface area contributed by atoms with Gasteiger partial charge in [-0.2, -0.15) is 0 Å². The first-order valence-electron chi connectivity index (χ1n) is 11.6. The van der Waals surface area contributed by atoms with E-state index in [9.17, 15) is 14.4 Å². The summed E-state index contributed by atoms with van der Waals surface area (Å²) >= 11 is 0. The van der Waals surface area contributed by atoms with Crippen LogP contribution in [0.5, 0.6) is 0 Å². The Bertz CT molecular complexity index is 824. The number of piperazine rings is 1. The predicted octanol–water partition coefficient (Wildman–Crippen LogP) is 2.08. The molecule has 4 rings (SSSR count). The molecule has 0 bridgehead atoms. The number of hydrogen-bond acceptors (Lipinski definition) is 4. The fraction of sp³-hybridized carbons (Fsp3) is 0.625. The number of amides is 3. The minimum atomic E-state index is -0.00171. The number of nitrogens with zero attached hydrogens (tertiary/aromatic N) is 4. The van der Waals surface area contributed by atoms with Crippen LogP contribution >= 0.6 is 0 Å². The molecule has 3 saturated heterocycles. The zero-order valence-electron chi connectivity index (χ0n) is 18.8. The second kappa shape index (κ2) is 9.39. The quantitative estimate of drug-likeness (QED) is 0.740. The van der Waals surface area contributed by atoms with Crippen molar-refractivity contribution >= 4 is 23.4 Å². The summed E-state index contributed by atoms with van der Waals surface area (Å²) in [6, 6.07) is 7.40. The van der Waals surface area contributed by atoms with Crippen LogP contribution in [0.3, 0.4) is 0 Å². The summed E-state index contributed by atoms with van der Waals surface area (Å²) in [6.07, 6.45) is 2.64. The van der Waals surface area contributed by atoms with Gasteiger partial charge in [0, 0.05) is 63.5 Å². The molecule has 0 saturated carbocycles. The molecule has 3 aliphatic rings. The molecule has 3 fully saturated rings. The Morgan fingerprint density at radius 3 is 2.32 bits per heavy atom. The molecular weight excluding hydrogens is 392 g/mol. The minimum absolute atomic E-state index is 0.00171. The normalized spacial score (nSPS) is 25.2. The molecule has 7 nitrogen and oxygen atoms in total. The van der Waals surface area contributed by atoms with Crippen LogP contribution in [0.25, 0.3) is 0 Å². The average molecular weight is 427 g/mol. The molecule has 0 aliphatic carbocycles. The van der Waals surface area contributed by atoms with Gasteiger partial charge in [0.15, 0.2) is 0 Å². The number of likely N-dealkylation sites (tertiary alicyclic amines) is 1. The van der Waals surface area contributed by atoms with Crippen LogP contribution in [0.1, 0.15) is 43.5 Å². The van der Waals surface area contributed by atoms with E-state index in [2.05, 4.69) is 18.7 Å². The Labute approximate surface area is 185 Å². The van der Waals surface area contributed by atoms with Gasteiger partial charge in [0.05, 0.1) is 6.54 Å². The van der Waals surface area contributed by atoms with E-state index in [1.54, 1.807) is 4.90 Å². The lowest BCUT2D eigenvalue weighted by Crippen LogP contribution is -2.53. The molecule has 7 heteroatoms. The van der Waals surface area contributed by atoms with E-state index >= 15 is 0 Å². The van der Waals surface area contributed by atoms with Gasteiger partial charge in [-0.05, 0) is 42.9 Å². The van der Waals surface area contributed by atoms with Crippen LogP contribution in [0.2, 0.25) is 0 Å². The van der Waals surface area contributed by atoms with Crippen LogP contribution in [-0.2, 0) is 9.59 Å². The number of rotatable bonds is 4. The van der Waals surface area contributed by atoms with Gasteiger partial charge in [-0.1, -0.05) is 19.9 Å². The lowest BCUT2D eigenvalue weighted by Gasteiger charge is -2.38. The van der Waals surface area contributed by atoms with Gasteiger partial charge in [-0.15, -0.1) is 0 Å². The van der Waals surface area contributed by atoms with E-state index in [1.807, 2.05) is 34.1 Å². The van der Waals surface area contributed by atoms with Crippen LogP contribution in [0, 0.1) is 11.8 Å². The smallest absolute Gasteiger partial charge is 0.254 e. The molecule has 3 amide bonds. The molecule has 0 N–H and O–H groups in total. The summed E-state index contributed by atoms with van der Waals surface area (Å²) in [5.41, 5.74) is 1.43. The molecule has 31 heavy (non-hydrogen) atoms. The standard InChI is InChI=1S/C24H34N4O3/c1-18-13-19(2)16-27(15-18)23(30)17-25-9-11-26(12-10-25)24(31)20-5-3-6-21(14-20)28-8-4-7-22(28)29/h3,5-6,14,18-19H,4,7-13,15-17H2,1-2H3/t18-,19-/m1/s1. The number of carbonyl (C=O) groups excluding carboxylic acids is 3. The van der Waals surface area contributed by atoms with Crippen molar-refractivity contribution in [1.82, 2.24) is 14.7 Å². The van der Waals surface area contributed by atoms with E-state index in [0.717, 1.165) is 31.7 Å². The molecule has 2 atom stereocenters. The first-order chi connectivity index (χ1) is 14.9. The first-order valence-corrected chi connectivity index (χ1v) is 11.6. The summed E-state index contributed by atoms with van der Waals surface area (Å²) in [5, 5.41) is 0. The molecule has 0 radical (unpaired) electrons. The summed E-state index contributed by atoms with van der Waals surface area (Å²) < 4.78 is 0.